The van der Waals surface area contributed by atoms with Gasteiger partial charge >= 0.3 is 6.18 Å². The molecule has 8 heteroatoms. The summed E-state index contributed by atoms with van der Waals surface area (Å²) in [6.07, 6.45) is -0.903. The molecule has 1 saturated heterocycles. The molecular formula is C31H30ClF3N2O2. The summed E-state index contributed by atoms with van der Waals surface area (Å²) in [5.74, 6) is -0.872. The topological polar surface area (TPSA) is 43.3 Å². The van der Waals surface area contributed by atoms with Gasteiger partial charge in [0.25, 0.3) is 0 Å². The zero-order valence-corrected chi connectivity index (χ0v) is 22.4. The van der Waals surface area contributed by atoms with E-state index < -0.39 is 23.3 Å². The van der Waals surface area contributed by atoms with Crippen molar-refractivity contribution in [2.45, 2.75) is 50.4 Å². The summed E-state index contributed by atoms with van der Waals surface area (Å²) < 4.78 is 49.3. The number of carbonyl (C=O) groups is 1. The van der Waals surface area contributed by atoms with Gasteiger partial charge in [-0.2, -0.15) is 13.2 Å². The second kappa shape index (κ2) is 11.1. The van der Waals surface area contributed by atoms with E-state index >= 15 is 0 Å². The largest absolute Gasteiger partial charge is 0.417 e. The molecule has 4 nitrogen and oxygen atoms in total. The van der Waals surface area contributed by atoms with Crippen molar-refractivity contribution in [2.75, 3.05) is 13.2 Å². The van der Waals surface area contributed by atoms with Crippen LogP contribution in [0, 0.1) is 0 Å². The second-order valence-electron chi connectivity index (χ2n) is 10.4. The summed E-state index contributed by atoms with van der Waals surface area (Å²) in [5.41, 5.74) is 1.87. The summed E-state index contributed by atoms with van der Waals surface area (Å²) in [4.78, 5) is 13.3. The number of rotatable bonds is 8. The first-order valence-electron chi connectivity index (χ1n) is 13.0. The Morgan fingerprint density at radius 2 is 1.85 bits per heavy atom. The minimum atomic E-state index is -4.62. The highest BCUT2D eigenvalue weighted by Crippen LogP contribution is 2.40. The van der Waals surface area contributed by atoms with Crippen LogP contribution >= 0.6 is 11.6 Å². The number of carbonyl (C=O) groups excluding carboxylic acids is 1. The Bertz CT molecular complexity index is 1460. The zero-order chi connectivity index (χ0) is 27.6. The van der Waals surface area contributed by atoms with Crippen LogP contribution in [0.15, 0.2) is 79.0 Å². The third kappa shape index (κ3) is 6.15. The van der Waals surface area contributed by atoms with Crippen molar-refractivity contribution >= 4 is 28.4 Å². The van der Waals surface area contributed by atoms with Gasteiger partial charge in [-0.15, -0.1) is 0 Å². The number of halogens is 4. The van der Waals surface area contributed by atoms with Crippen LogP contribution in [0.3, 0.4) is 0 Å². The highest BCUT2D eigenvalue weighted by Gasteiger charge is 2.35. The molecule has 4 aromatic rings. The lowest BCUT2D eigenvalue weighted by atomic mass is 9.87. The molecule has 0 aliphatic carbocycles. The minimum Gasteiger partial charge on any atom is -0.373 e. The molecule has 1 N–H and O–H groups in total. The Hall–Kier alpha value is -3.29. The van der Waals surface area contributed by atoms with Crippen LogP contribution in [-0.4, -0.2) is 29.2 Å². The standard InChI is InChI=1S/C31H30ClF3N2O2/c1-30(14-7-15-39-30)20-36-29(38)17-24(22-12-13-27(32)26(16-22)31(33,34)35)25-19-37(18-21-8-3-2-4-9-21)28-11-6-5-10-23(25)28/h2-6,8-13,16,19,24H,7,14-15,17-18,20H2,1H3,(H,36,38)/t24-,30+/m0/s1. The number of para-hydroxylation sites is 1. The number of alkyl halides is 3. The first-order chi connectivity index (χ1) is 18.6. The van der Waals surface area contributed by atoms with Gasteiger partial charge in [-0.1, -0.05) is 66.2 Å². The fraction of sp³-hybridized carbons (Fsp3) is 0.323. The first kappa shape index (κ1) is 27.3. The lowest BCUT2D eigenvalue weighted by Gasteiger charge is -2.24. The maximum atomic E-state index is 13.8. The Labute approximate surface area is 230 Å². The van der Waals surface area contributed by atoms with Crippen molar-refractivity contribution in [1.29, 1.82) is 0 Å². The van der Waals surface area contributed by atoms with Gasteiger partial charge in [-0.05, 0) is 54.7 Å². The van der Waals surface area contributed by atoms with Crippen LogP contribution in [0.1, 0.15) is 54.4 Å². The van der Waals surface area contributed by atoms with Crippen molar-refractivity contribution in [3.05, 3.63) is 106 Å². The number of fused-ring (bicyclic) bond motifs is 1. The van der Waals surface area contributed by atoms with Gasteiger partial charge in [0, 0.05) is 49.1 Å². The molecule has 0 radical (unpaired) electrons. The van der Waals surface area contributed by atoms with Gasteiger partial charge in [-0.3, -0.25) is 4.79 Å². The third-order valence-corrected chi connectivity index (χ3v) is 7.77. The lowest BCUT2D eigenvalue weighted by molar-refractivity contribution is -0.137. The number of nitrogens with one attached hydrogen (secondary N) is 1. The molecule has 3 aromatic carbocycles. The smallest absolute Gasteiger partial charge is 0.373 e. The highest BCUT2D eigenvalue weighted by molar-refractivity contribution is 6.31. The quantitative estimate of drug-likeness (QED) is 0.244. The van der Waals surface area contributed by atoms with Crippen molar-refractivity contribution in [3.63, 3.8) is 0 Å². The number of benzene rings is 3. The van der Waals surface area contributed by atoms with E-state index in [1.807, 2.05) is 67.7 Å². The Morgan fingerprint density at radius 1 is 1.10 bits per heavy atom. The molecule has 39 heavy (non-hydrogen) atoms. The summed E-state index contributed by atoms with van der Waals surface area (Å²) in [7, 11) is 0. The number of amides is 1. The van der Waals surface area contributed by atoms with Crippen LogP contribution in [0.25, 0.3) is 10.9 Å². The van der Waals surface area contributed by atoms with E-state index in [0.717, 1.165) is 40.9 Å². The molecule has 2 atom stereocenters. The number of hydrogen-bond donors (Lipinski definition) is 1. The molecule has 2 heterocycles. The Kier molecular flexibility index (Phi) is 7.74. The predicted octanol–water partition coefficient (Wildman–Crippen LogP) is 7.57. The Morgan fingerprint density at radius 3 is 2.56 bits per heavy atom. The van der Waals surface area contributed by atoms with E-state index in [1.54, 1.807) is 6.07 Å². The van der Waals surface area contributed by atoms with Gasteiger partial charge in [0.2, 0.25) is 5.91 Å². The van der Waals surface area contributed by atoms with Crippen LogP contribution < -0.4 is 5.32 Å². The van der Waals surface area contributed by atoms with E-state index in [0.29, 0.717) is 25.3 Å². The average molecular weight is 555 g/mol. The summed E-state index contributed by atoms with van der Waals surface area (Å²) in [5, 5.41) is 3.49. The maximum absolute atomic E-state index is 13.8. The molecule has 1 fully saturated rings. The molecule has 0 bridgehead atoms. The molecule has 5 rings (SSSR count). The number of hydrogen-bond acceptors (Lipinski definition) is 2. The molecule has 0 unspecified atom stereocenters. The molecule has 204 valence electrons. The summed E-state index contributed by atoms with van der Waals surface area (Å²) in [6.45, 7) is 3.55. The van der Waals surface area contributed by atoms with Crippen molar-refractivity contribution in [1.82, 2.24) is 9.88 Å². The van der Waals surface area contributed by atoms with Crippen LogP contribution in [0.5, 0.6) is 0 Å². The molecule has 0 spiro atoms. The Balaban J connectivity index is 1.55. The fourth-order valence-electron chi connectivity index (χ4n) is 5.37. The monoisotopic (exact) mass is 554 g/mol. The average Bonchev–Trinajstić information content (AvgIpc) is 3.51. The van der Waals surface area contributed by atoms with E-state index in [1.165, 1.54) is 6.07 Å². The van der Waals surface area contributed by atoms with Gasteiger partial charge < -0.3 is 14.6 Å². The van der Waals surface area contributed by atoms with Crippen molar-refractivity contribution in [2.24, 2.45) is 0 Å². The maximum Gasteiger partial charge on any atom is 0.417 e. The van der Waals surface area contributed by atoms with Gasteiger partial charge in [0.05, 0.1) is 16.2 Å². The number of aromatic nitrogens is 1. The zero-order valence-electron chi connectivity index (χ0n) is 21.6. The van der Waals surface area contributed by atoms with Crippen LogP contribution in [0.4, 0.5) is 13.2 Å². The number of ether oxygens (including phenoxy) is 1. The lowest BCUT2D eigenvalue weighted by Crippen LogP contribution is -2.40. The first-order valence-corrected chi connectivity index (χ1v) is 13.4. The second-order valence-corrected chi connectivity index (χ2v) is 10.8. The third-order valence-electron chi connectivity index (χ3n) is 7.44. The van der Waals surface area contributed by atoms with E-state index in [9.17, 15) is 18.0 Å². The van der Waals surface area contributed by atoms with E-state index in [4.69, 9.17) is 16.3 Å². The number of nitrogens with zero attached hydrogens (tertiary/aromatic N) is 1. The molecule has 1 aliphatic rings. The molecule has 1 amide bonds. The van der Waals surface area contributed by atoms with E-state index in [2.05, 4.69) is 9.88 Å². The minimum absolute atomic E-state index is 0.0195. The van der Waals surface area contributed by atoms with Crippen molar-refractivity contribution < 1.29 is 22.7 Å². The summed E-state index contributed by atoms with van der Waals surface area (Å²) in [6, 6.07) is 21.6. The van der Waals surface area contributed by atoms with Crippen LogP contribution in [0.2, 0.25) is 5.02 Å². The fourth-order valence-corrected chi connectivity index (χ4v) is 5.59. The van der Waals surface area contributed by atoms with Crippen molar-refractivity contribution in [3.8, 4) is 0 Å². The SMILES string of the molecule is C[C@]1(CNC(=O)C[C@@H](c2ccc(Cl)c(C(F)(F)F)c2)c2cn(Cc3ccccc3)c3ccccc23)CCCO1. The van der Waals surface area contributed by atoms with E-state index in [-0.39, 0.29) is 17.4 Å². The molecular weight excluding hydrogens is 525 g/mol. The van der Waals surface area contributed by atoms with Gasteiger partial charge in [0.1, 0.15) is 0 Å². The normalized spacial score (nSPS) is 18.4. The molecule has 1 aliphatic heterocycles. The molecule has 1 aromatic heterocycles. The van der Waals surface area contributed by atoms with Gasteiger partial charge in [0.15, 0.2) is 0 Å². The van der Waals surface area contributed by atoms with Gasteiger partial charge in [-0.25, -0.2) is 0 Å². The summed E-state index contributed by atoms with van der Waals surface area (Å²) >= 11 is 5.95. The molecule has 0 saturated carbocycles. The highest BCUT2D eigenvalue weighted by atomic mass is 35.5. The van der Waals surface area contributed by atoms with Crippen LogP contribution in [-0.2, 0) is 22.3 Å². The predicted molar refractivity (Wildman–Crippen MR) is 147 cm³/mol.